The number of halogens is 1. The lowest BCUT2D eigenvalue weighted by molar-refractivity contribution is -0.384. The van der Waals surface area contributed by atoms with E-state index < -0.39 is 4.92 Å². The molecule has 1 aromatic carbocycles. The molecule has 0 aliphatic carbocycles. The van der Waals surface area contributed by atoms with Gasteiger partial charge in [-0.3, -0.25) is 10.1 Å². The van der Waals surface area contributed by atoms with Crippen LogP contribution in [0.25, 0.3) is 0 Å². The third-order valence-corrected chi connectivity index (χ3v) is 3.23. The number of hydrogen-bond acceptors (Lipinski definition) is 3. The molecule has 2 rings (SSSR count). The van der Waals surface area contributed by atoms with Gasteiger partial charge in [0.05, 0.1) is 9.95 Å². The first kappa shape index (κ1) is 11.4. The number of rotatable bonds is 3. The van der Waals surface area contributed by atoms with Gasteiger partial charge in [-0.25, -0.2) is 0 Å². The van der Waals surface area contributed by atoms with Crippen molar-refractivity contribution in [2.24, 2.45) is 0 Å². The van der Waals surface area contributed by atoms with E-state index in [1.807, 2.05) is 0 Å². The molecule has 86 valence electrons. The van der Waals surface area contributed by atoms with E-state index in [2.05, 4.69) is 5.32 Å². The lowest BCUT2D eigenvalue weighted by Gasteiger charge is -2.10. The van der Waals surface area contributed by atoms with Crippen molar-refractivity contribution in [3.05, 3.63) is 38.9 Å². The molecule has 1 N–H and O–H groups in total. The molecule has 4 nitrogen and oxygen atoms in total. The molecule has 0 bridgehead atoms. The second kappa shape index (κ2) is 4.80. The Labute approximate surface area is 98.8 Å². The van der Waals surface area contributed by atoms with E-state index in [4.69, 9.17) is 11.6 Å². The van der Waals surface area contributed by atoms with Crippen LogP contribution in [0.3, 0.4) is 0 Å². The number of nitro groups is 1. The highest BCUT2D eigenvalue weighted by Gasteiger charge is 2.17. The number of nitro benzene ring substituents is 1. The Kier molecular flexibility index (Phi) is 3.41. The average molecular weight is 241 g/mol. The van der Waals surface area contributed by atoms with Gasteiger partial charge in [0.2, 0.25) is 0 Å². The first-order chi connectivity index (χ1) is 7.66. The molecule has 1 aliphatic rings. The van der Waals surface area contributed by atoms with Crippen LogP contribution >= 0.6 is 11.6 Å². The number of nitrogens with zero attached hydrogens (tertiary/aromatic N) is 1. The van der Waals surface area contributed by atoms with Gasteiger partial charge in [-0.15, -0.1) is 0 Å². The van der Waals surface area contributed by atoms with Gasteiger partial charge < -0.3 is 5.32 Å². The van der Waals surface area contributed by atoms with Gasteiger partial charge in [0.15, 0.2) is 0 Å². The summed E-state index contributed by atoms with van der Waals surface area (Å²) in [5.74, 6) is 0. The quantitative estimate of drug-likeness (QED) is 0.653. The Morgan fingerprint density at radius 3 is 2.94 bits per heavy atom. The summed E-state index contributed by atoms with van der Waals surface area (Å²) < 4.78 is 0. The molecule has 1 saturated heterocycles. The summed E-state index contributed by atoms with van der Waals surface area (Å²) in [6.45, 7) is 1.05. The Bertz CT molecular complexity index is 403. The van der Waals surface area contributed by atoms with E-state index >= 15 is 0 Å². The highest BCUT2D eigenvalue weighted by Crippen LogP contribution is 2.24. The van der Waals surface area contributed by atoms with Crippen LogP contribution in [0.15, 0.2) is 18.2 Å². The molecular weight excluding hydrogens is 228 g/mol. The molecule has 0 aromatic heterocycles. The van der Waals surface area contributed by atoms with Gasteiger partial charge in [-0.1, -0.05) is 17.7 Å². The molecule has 1 heterocycles. The fourth-order valence-corrected chi connectivity index (χ4v) is 2.26. The summed E-state index contributed by atoms with van der Waals surface area (Å²) in [6.07, 6.45) is 3.18. The first-order valence-corrected chi connectivity index (χ1v) is 5.71. The molecule has 1 aromatic rings. The molecule has 0 saturated carbocycles. The normalized spacial score (nSPS) is 19.9. The molecule has 1 aliphatic heterocycles. The monoisotopic (exact) mass is 240 g/mol. The summed E-state index contributed by atoms with van der Waals surface area (Å²) in [6, 6.07) is 5.14. The minimum atomic E-state index is -0.427. The average Bonchev–Trinajstić information content (AvgIpc) is 2.73. The number of benzene rings is 1. The highest BCUT2D eigenvalue weighted by molar-refractivity contribution is 6.31. The maximum atomic E-state index is 10.5. The zero-order chi connectivity index (χ0) is 11.5. The van der Waals surface area contributed by atoms with Crippen molar-refractivity contribution in [3.8, 4) is 0 Å². The fraction of sp³-hybridized carbons (Fsp3) is 0.455. The van der Waals surface area contributed by atoms with Crippen LogP contribution in [0.2, 0.25) is 5.02 Å². The first-order valence-electron chi connectivity index (χ1n) is 5.33. The Hall–Kier alpha value is -1.13. The topological polar surface area (TPSA) is 55.2 Å². The summed E-state index contributed by atoms with van der Waals surface area (Å²) >= 11 is 6.02. The van der Waals surface area contributed by atoms with Gasteiger partial charge in [0, 0.05) is 18.2 Å². The summed E-state index contributed by atoms with van der Waals surface area (Å²) in [4.78, 5) is 10.1. The third-order valence-electron chi connectivity index (χ3n) is 2.88. The van der Waals surface area contributed by atoms with Crippen LogP contribution in [0.4, 0.5) is 5.69 Å². The van der Waals surface area contributed by atoms with E-state index in [9.17, 15) is 10.1 Å². The van der Waals surface area contributed by atoms with Crippen LogP contribution in [0, 0.1) is 10.1 Å². The fourth-order valence-electron chi connectivity index (χ4n) is 2.01. The van der Waals surface area contributed by atoms with Crippen LogP contribution in [0.1, 0.15) is 18.4 Å². The lowest BCUT2D eigenvalue weighted by Crippen LogP contribution is -2.23. The smallest absolute Gasteiger partial charge is 0.270 e. The molecule has 1 fully saturated rings. The van der Waals surface area contributed by atoms with E-state index in [0.717, 1.165) is 24.9 Å². The maximum Gasteiger partial charge on any atom is 0.270 e. The van der Waals surface area contributed by atoms with Crippen molar-refractivity contribution >= 4 is 17.3 Å². The Morgan fingerprint density at radius 1 is 1.56 bits per heavy atom. The van der Waals surface area contributed by atoms with Gasteiger partial charge >= 0.3 is 0 Å². The molecular formula is C11H13ClN2O2. The van der Waals surface area contributed by atoms with Crippen LogP contribution in [-0.4, -0.2) is 17.5 Å². The van der Waals surface area contributed by atoms with E-state index in [1.165, 1.54) is 18.6 Å². The predicted molar refractivity (Wildman–Crippen MR) is 62.8 cm³/mol. The molecule has 0 radical (unpaired) electrons. The van der Waals surface area contributed by atoms with Crippen molar-refractivity contribution in [2.45, 2.75) is 25.3 Å². The van der Waals surface area contributed by atoms with E-state index in [1.54, 1.807) is 6.07 Å². The zero-order valence-electron chi connectivity index (χ0n) is 8.78. The predicted octanol–water partition coefficient (Wildman–Crippen LogP) is 2.54. The summed E-state index contributed by atoms with van der Waals surface area (Å²) in [5.41, 5.74) is 1.03. The van der Waals surface area contributed by atoms with Crippen molar-refractivity contribution in [1.82, 2.24) is 5.32 Å². The third kappa shape index (κ3) is 2.51. The molecule has 0 spiro atoms. The molecule has 5 heteroatoms. The van der Waals surface area contributed by atoms with Crippen LogP contribution < -0.4 is 5.32 Å². The zero-order valence-corrected chi connectivity index (χ0v) is 9.54. The van der Waals surface area contributed by atoms with E-state index in [-0.39, 0.29) is 5.69 Å². The molecule has 1 atom stereocenters. The van der Waals surface area contributed by atoms with Crippen molar-refractivity contribution in [1.29, 1.82) is 0 Å². The van der Waals surface area contributed by atoms with Gasteiger partial charge in [-0.05, 0) is 31.4 Å². The summed E-state index contributed by atoms with van der Waals surface area (Å²) in [5, 5.41) is 14.4. The standard InChI is InChI=1S/C11H13ClN2O2/c12-11-7-10(14(15)16)4-3-8(11)6-9-2-1-5-13-9/h3-4,7,9,13H,1-2,5-6H2. The molecule has 16 heavy (non-hydrogen) atoms. The second-order valence-corrected chi connectivity index (χ2v) is 4.44. The van der Waals surface area contributed by atoms with Gasteiger partial charge in [0.1, 0.15) is 0 Å². The Balaban J connectivity index is 2.12. The maximum absolute atomic E-state index is 10.5. The Morgan fingerprint density at radius 2 is 2.38 bits per heavy atom. The van der Waals surface area contributed by atoms with Crippen molar-refractivity contribution in [3.63, 3.8) is 0 Å². The van der Waals surface area contributed by atoms with Crippen LogP contribution in [0.5, 0.6) is 0 Å². The number of nitrogens with one attached hydrogen (secondary N) is 1. The minimum Gasteiger partial charge on any atom is -0.314 e. The lowest BCUT2D eigenvalue weighted by atomic mass is 10.0. The van der Waals surface area contributed by atoms with Crippen molar-refractivity contribution in [2.75, 3.05) is 6.54 Å². The highest BCUT2D eigenvalue weighted by atomic mass is 35.5. The number of hydrogen-bond donors (Lipinski definition) is 1. The largest absolute Gasteiger partial charge is 0.314 e. The molecule has 0 amide bonds. The van der Waals surface area contributed by atoms with Crippen molar-refractivity contribution < 1.29 is 4.92 Å². The SMILES string of the molecule is O=[N+]([O-])c1ccc(CC2CCCN2)c(Cl)c1. The van der Waals surface area contributed by atoms with Crippen LogP contribution in [-0.2, 0) is 6.42 Å². The molecule has 1 unspecified atom stereocenters. The van der Waals surface area contributed by atoms with E-state index in [0.29, 0.717) is 11.1 Å². The van der Waals surface area contributed by atoms with Gasteiger partial charge in [-0.2, -0.15) is 0 Å². The second-order valence-electron chi connectivity index (χ2n) is 4.03. The van der Waals surface area contributed by atoms with Gasteiger partial charge in [0.25, 0.3) is 5.69 Å². The number of non-ortho nitro benzene ring substituents is 1. The minimum absolute atomic E-state index is 0.0492. The summed E-state index contributed by atoms with van der Waals surface area (Å²) in [7, 11) is 0.